The van der Waals surface area contributed by atoms with Gasteiger partial charge in [0.15, 0.2) is 5.13 Å². The van der Waals surface area contributed by atoms with E-state index in [4.69, 9.17) is 11.6 Å². The fraction of sp³-hybridized carbons (Fsp3) is 0.538. The molecule has 0 saturated carbocycles. The zero-order valence-corrected chi connectivity index (χ0v) is 23.3. The topological polar surface area (TPSA) is 94.6 Å². The van der Waals surface area contributed by atoms with Gasteiger partial charge in [0, 0.05) is 28.6 Å². The normalized spacial score (nSPS) is 11.8. The van der Waals surface area contributed by atoms with E-state index in [1.165, 1.54) is 16.2 Å². The van der Waals surface area contributed by atoms with Crippen molar-refractivity contribution in [2.45, 2.75) is 59.4 Å². The molecular weight excluding hydrogens is 498 g/mol. The predicted molar refractivity (Wildman–Crippen MR) is 147 cm³/mol. The van der Waals surface area contributed by atoms with E-state index in [1.54, 1.807) is 29.6 Å². The minimum Gasteiger partial charge on any atom is -0.353 e. The van der Waals surface area contributed by atoms with Crippen LogP contribution < -0.4 is 10.6 Å². The molecule has 0 aliphatic heterocycles. The van der Waals surface area contributed by atoms with Crippen molar-refractivity contribution in [2.75, 3.05) is 38.0 Å². The van der Waals surface area contributed by atoms with Gasteiger partial charge in [0.1, 0.15) is 6.54 Å². The third kappa shape index (κ3) is 10.2. The molecule has 0 aliphatic rings. The molecule has 0 bridgehead atoms. The van der Waals surface area contributed by atoms with Crippen molar-refractivity contribution < 1.29 is 14.4 Å². The standard InChI is InChI=1S/C26H38ClN5O3S/c1-5-14-32(25(35)20-10-12-21(27)13-11-20)17-24(34)30-26-29-22(18-36-26)16-23(33)28-19(4)9-8-15-31(6-2)7-3/h10-13,18-19H,5-9,14-17H2,1-4H3,(H,28,33)(H,29,30,34). The Hall–Kier alpha value is -2.49. The summed E-state index contributed by atoms with van der Waals surface area (Å²) in [7, 11) is 0. The van der Waals surface area contributed by atoms with Crippen molar-refractivity contribution in [2.24, 2.45) is 0 Å². The largest absolute Gasteiger partial charge is 0.353 e. The van der Waals surface area contributed by atoms with Crippen molar-refractivity contribution in [1.29, 1.82) is 0 Å². The number of aromatic nitrogens is 1. The van der Waals surface area contributed by atoms with Crippen LogP contribution in [0.5, 0.6) is 0 Å². The van der Waals surface area contributed by atoms with Crippen LogP contribution in [0, 0.1) is 0 Å². The molecule has 3 amide bonds. The fourth-order valence-electron chi connectivity index (χ4n) is 3.80. The number of carbonyl (C=O) groups excluding carboxylic acids is 3. The molecule has 0 fully saturated rings. The number of amides is 3. The Morgan fingerprint density at radius 3 is 2.39 bits per heavy atom. The molecule has 0 aliphatic carbocycles. The zero-order chi connectivity index (χ0) is 26.5. The number of nitrogens with one attached hydrogen (secondary N) is 2. The van der Waals surface area contributed by atoms with Crippen molar-refractivity contribution in [3.63, 3.8) is 0 Å². The molecular formula is C26H38ClN5O3S. The molecule has 36 heavy (non-hydrogen) atoms. The molecule has 10 heteroatoms. The first kappa shape index (κ1) is 29.7. The van der Waals surface area contributed by atoms with Crippen LogP contribution in [0.2, 0.25) is 5.02 Å². The van der Waals surface area contributed by atoms with Gasteiger partial charge in [-0.1, -0.05) is 32.4 Å². The van der Waals surface area contributed by atoms with E-state index in [0.29, 0.717) is 28.0 Å². The first-order valence-corrected chi connectivity index (χ1v) is 13.8. The lowest BCUT2D eigenvalue weighted by Crippen LogP contribution is -2.38. The van der Waals surface area contributed by atoms with Gasteiger partial charge in [-0.25, -0.2) is 4.98 Å². The molecule has 0 spiro atoms. The van der Waals surface area contributed by atoms with Gasteiger partial charge in [-0.05, 0) is 70.1 Å². The summed E-state index contributed by atoms with van der Waals surface area (Å²) in [4.78, 5) is 46.1. The smallest absolute Gasteiger partial charge is 0.254 e. The van der Waals surface area contributed by atoms with Crippen LogP contribution in [0.25, 0.3) is 0 Å². The van der Waals surface area contributed by atoms with Crippen molar-refractivity contribution in [3.05, 3.63) is 45.9 Å². The number of anilines is 1. The van der Waals surface area contributed by atoms with E-state index in [9.17, 15) is 14.4 Å². The van der Waals surface area contributed by atoms with Gasteiger partial charge in [-0.2, -0.15) is 0 Å². The molecule has 0 saturated heterocycles. The molecule has 1 unspecified atom stereocenters. The summed E-state index contributed by atoms with van der Waals surface area (Å²) in [5, 5.41) is 8.49. The van der Waals surface area contributed by atoms with Crippen LogP contribution in [0.1, 0.15) is 63.0 Å². The van der Waals surface area contributed by atoms with E-state index in [2.05, 4.69) is 34.4 Å². The highest BCUT2D eigenvalue weighted by Crippen LogP contribution is 2.17. The maximum absolute atomic E-state index is 12.8. The second-order valence-electron chi connectivity index (χ2n) is 8.74. The number of hydrogen-bond donors (Lipinski definition) is 2. The van der Waals surface area contributed by atoms with Gasteiger partial charge in [0.05, 0.1) is 12.1 Å². The Morgan fingerprint density at radius 2 is 1.75 bits per heavy atom. The first-order chi connectivity index (χ1) is 17.2. The number of carbonyl (C=O) groups is 3. The Kier molecular flexibility index (Phi) is 12.9. The second kappa shape index (κ2) is 15.6. The average Bonchev–Trinajstić information content (AvgIpc) is 3.27. The number of benzene rings is 1. The lowest BCUT2D eigenvalue weighted by atomic mass is 10.1. The van der Waals surface area contributed by atoms with Gasteiger partial charge >= 0.3 is 0 Å². The number of rotatable bonds is 15. The van der Waals surface area contributed by atoms with Gasteiger partial charge in [-0.15, -0.1) is 11.3 Å². The quantitative estimate of drug-likeness (QED) is 0.351. The summed E-state index contributed by atoms with van der Waals surface area (Å²) in [5.74, 6) is -0.652. The van der Waals surface area contributed by atoms with E-state index < -0.39 is 0 Å². The minimum atomic E-state index is -0.335. The van der Waals surface area contributed by atoms with Crippen LogP contribution in [-0.4, -0.2) is 71.3 Å². The third-order valence-electron chi connectivity index (χ3n) is 5.76. The van der Waals surface area contributed by atoms with Crippen molar-refractivity contribution in [3.8, 4) is 0 Å². The monoisotopic (exact) mass is 535 g/mol. The molecule has 1 atom stereocenters. The van der Waals surface area contributed by atoms with Gasteiger partial charge in [0.2, 0.25) is 11.8 Å². The maximum Gasteiger partial charge on any atom is 0.254 e. The number of halogens is 1. The summed E-state index contributed by atoms with van der Waals surface area (Å²) in [6.07, 6.45) is 2.83. The molecule has 2 rings (SSSR count). The summed E-state index contributed by atoms with van der Waals surface area (Å²) in [6.45, 7) is 11.7. The van der Waals surface area contributed by atoms with Crippen molar-refractivity contribution >= 4 is 45.8 Å². The Labute approximate surface area is 223 Å². The Morgan fingerprint density at radius 1 is 1.06 bits per heavy atom. The zero-order valence-electron chi connectivity index (χ0n) is 21.7. The molecule has 8 nitrogen and oxygen atoms in total. The van der Waals surface area contributed by atoms with Crippen LogP contribution in [0.4, 0.5) is 5.13 Å². The summed E-state index contributed by atoms with van der Waals surface area (Å²) in [6, 6.07) is 6.69. The van der Waals surface area contributed by atoms with Crippen LogP contribution in [-0.2, 0) is 16.0 Å². The maximum atomic E-state index is 12.8. The van der Waals surface area contributed by atoms with E-state index in [0.717, 1.165) is 38.9 Å². The van der Waals surface area contributed by atoms with E-state index in [-0.39, 0.29) is 36.7 Å². The summed E-state index contributed by atoms with van der Waals surface area (Å²) in [5.41, 5.74) is 1.08. The lowest BCUT2D eigenvalue weighted by Gasteiger charge is -2.21. The van der Waals surface area contributed by atoms with Crippen LogP contribution in [0.3, 0.4) is 0 Å². The highest BCUT2D eigenvalue weighted by atomic mass is 35.5. The van der Waals surface area contributed by atoms with Crippen LogP contribution in [0.15, 0.2) is 29.6 Å². The Balaban J connectivity index is 1.82. The van der Waals surface area contributed by atoms with Gasteiger partial charge in [0.25, 0.3) is 5.91 Å². The van der Waals surface area contributed by atoms with Gasteiger partial charge in [-0.3, -0.25) is 14.4 Å². The third-order valence-corrected chi connectivity index (χ3v) is 6.82. The minimum absolute atomic E-state index is 0.0869. The first-order valence-electron chi connectivity index (χ1n) is 12.6. The highest BCUT2D eigenvalue weighted by molar-refractivity contribution is 7.13. The molecule has 1 aromatic heterocycles. The number of hydrogen-bond acceptors (Lipinski definition) is 6. The molecule has 198 valence electrons. The lowest BCUT2D eigenvalue weighted by molar-refractivity contribution is -0.121. The molecule has 1 heterocycles. The molecule has 0 radical (unpaired) electrons. The molecule has 2 N–H and O–H groups in total. The SMILES string of the molecule is CCCN(CC(=O)Nc1nc(CC(=O)NC(C)CCCN(CC)CC)cs1)C(=O)c1ccc(Cl)cc1. The average molecular weight is 536 g/mol. The molecule has 1 aromatic carbocycles. The van der Waals surface area contributed by atoms with Crippen LogP contribution >= 0.6 is 22.9 Å². The second-order valence-corrected chi connectivity index (χ2v) is 10.0. The summed E-state index contributed by atoms with van der Waals surface area (Å²) >= 11 is 7.17. The van der Waals surface area contributed by atoms with Crippen molar-refractivity contribution in [1.82, 2.24) is 20.1 Å². The highest BCUT2D eigenvalue weighted by Gasteiger charge is 2.19. The molecule has 2 aromatic rings. The van der Waals surface area contributed by atoms with E-state index >= 15 is 0 Å². The summed E-state index contributed by atoms with van der Waals surface area (Å²) < 4.78 is 0. The number of thiazole rings is 1. The Bertz CT molecular complexity index is 978. The predicted octanol–water partition coefficient (Wildman–Crippen LogP) is 4.46. The number of nitrogens with zero attached hydrogens (tertiary/aromatic N) is 3. The fourth-order valence-corrected chi connectivity index (χ4v) is 4.65. The van der Waals surface area contributed by atoms with E-state index in [1.807, 2.05) is 13.8 Å². The van der Waals surface area contributed by atoms with Gasteiger partial charge < -0.3 is 20.4 Å².